The first kappa shape index (κ1) is 22.6. The molecule has 0 saturated carbocycles. The third-order valence-electron chi connectivity index (χ3n) is 4.28. The van der Waals surface area contributed by atoms with Gasteiger partial charge < -0.3 is 4.74 Å². The van der Waals surface area contributed by atoms with Crippen molar-refractivity contribution in [1.82, 2.24) is 5.43 Å². The number of nitrogens with one attached hydrogen (secondary N) is 1. The number of carbonyl (C=O) groups is 1. The van der Waals surface area contributed by atoms with Gasteiger partial charge in [-0.2, -0.15) is 5.10 Å². The van der Waals surface area contributed by atoms with E-state index in [4.69, 9.17) is 4.74 Å². The molecule has 1 aliphatic rings. The van der Waals surface area contributed by atoms with Crippen LogP contribution >= 0.6 is 39.5 Å². The highest BCUT2D eigenvalue weighted by Crippen LogP contribution is 2.45. The lowest BCUT2D eigenvalue weighted by atomic mass is 10.2. The Labute approximate surface area is 191 Å². The Balaban J connectivity index is 1.51. The van der Waals surface area contributed by atoms with Gasteiger partial charge in [0.05, 0.1) is 26.1 Å². The average molecular weight is 510 g/mol. The van der Waals surface area contributed by atoms with Gasteiger partial charge in [-0.15, -0.1) is 23.5 Å². The van der Waals surface area contributed by atoms with Crippen LogP contribution in [-0.2, 0) is 11.4 Å². The summed E-state index contributed by atoms with van der Waals surface area (Å²) in [6.45, 7) is 2.38. The van der Waals surface area contributed by atoms with Gasteiger partial charge in [0.2, 0.25) is 5.91 Å². The Hall–Kier alpha value is -2.04. The van der Waals surface area contributed by atoms with Crippen LogP contribution in [0.15, 0.2) is 52.0 Å². The van der Waals surface area contributed by atoms with E-state index in [9.17, 15) is 14.9 Å². The molecule has 1 heterocycles. The number of nitro benzene ring substituents is 1. The molecule has 0 aliphatic carbocycles. The van der Waals surface area contributed by atoms with Gasteiger partial charge in [-0.1, -0.05) is 0 Å². The number of hydrogen-bond acceptors (Lipinski definition) is 7. The van der Waals surface area contributed by atoms with Crippen molar-refractivity contribution in [2.45, 2.75) is 24.0 Å². The maximum absolute atomic E-state index is 12.1. The highest BCUT2D eigenvalue weighted by molar-refractivity contribution is 9.10. The van der Waals surface area contributed by atoms with Crippen molar-refractivity contribution in [2.24, 2.45) is 5.10 Å². The number of benzene rings is 2. The Bertz CT molecular complexity index is 948. The summed E-state index contributed by atoms with van der Waals surface area (Å²) in [5, 5.41) is 14.7. The molecule has 0 unspecified atom stereocenters. The summed E-state index contributed by atoms with van der Waals surface area (Å²) in [5.41, 5.74) is 4.27. The summed E-state index contributed by atoms with van der Waals surface area (Å²) in [4.78, 5) is 22.3. The van der Waals surface area contributed by atoms with Crippen molar-refractivity contribution in [3.63, 3.8) is 0 Å². The Kier molecular flexibility index (Phi) is 7.79. The lowest BCUT2D eigenvalue weighted by Crippen LogP contribution is -2.26. The number of nitro groups is 1. The van der Waals surface area contributed by atoms with Gasteiger partial charge in [0, 0.05) is 23.6 Å². The van der Waals surface area contributed by atoms with Crippen molar-refractivity contribution in [1.29, 1.82) is 0 Å². The average Bonchev–Trinajstić information content (AvgIpc) is 3.13. The minimum atomic E-state index is -0.434. The molecule has 2 aromatic carbocycles. The molecule has 1 aliphatic heterocycles. The van der Waals surface area contributed by atoms with E-state index in [1.807, 2.05) is 35.7 Å². The summed E-state index contributed by atoms with van der Waals surface area (Å²) >= 11 is 7.09. The second-order valence-electron chi connectivity index (χ2n) is 6.70. The molecule has 1 N–H and O–H groups in total. The van der Waals surface area contributed by atoms with E-state index in [0.717, 1.165) is 27.1 Å². The molecule has 1 saturated heterocycles. The van der Waals surface area contributed by atoms with Crippen LogP contribution in [0.4, 0.5) is 5.69 Å². The number of hydrogen-bond donors (Lipinski definition) is 1. The molecular weight excluding hydrogens is 490 g/mol. The van der Waals surface area contributed by atoms with Crippen LogP contribution in [0.2, 0.25) is 0 Å². The summed E-state index contributed by atoms with van der Waals surface area (Å²) in [6, 6.07) is 11.7. The van der Waals surface area contributed by atoms with Crippen LogP contribution in [0.5, 0.6) is 5.75 Å². The Morgan fingerprint density at radius 3 is 2.63 bits per heavy atom. The van der Waals surface area contributed by atoms with Gasteiger partial charge in [-0.3, -0.25) is 14.9 Å². The van der Waals surface area contributed by atoms with Crippen molar-refractivity contribution in [3.05, 3.63) is 68.2 Å². The quantitative estimate of drug-likeness (QED) is 0.306. The van der Waals surface area contributed by atoms with E-state index >= 15 is 0 Å². The third-order valence-corrected chi connectivity index (χ3v) is 8.19. The molecule has 0 bridgehead atoms. The zero-order chi connectivity index (χ0) is 21.6. The van der Waals surface area contributed by atoms with E-state index in [1.54, 1.807) is 24.4 Å². The largest absolute Gasteiger partial charge is 0.488 e. The number of ether oxygens (including phenoxy) is 1. The van der Waals surface area contributed by atoms with Gasteiger partial charge in [0.15, 0.2) is 0 Å². The van der Waals surface area contributed by atoms with Crippen LogP contribution < -0.4 is 10.2 Å². The molecule has 0 aromatic heterocycles. The van der Waals surface area contributed by atoms with Gasteiger partial charge in [-0.05, 0) is 64.3 Å². The van der Waals surface area contributed by atoms with Crippen molar-refractivity contribution in [3.8, 4) is 5.75 Å². The van der Waals surface area contributed by atoms with Crippen LogP contribution in [0.3, 0.4) is 0 Å². The zero-order valence-electron chi connectivity index (χ0n) is 16.2. The lowest BCUT2D eigenvalue weighted by molar-refractivity contribution is -0.384. The maximum Gasteiger partial charge on any atom is 0.269 e. The maximum atomic E-state index is 12.1. The Morgan fingerprint density at radius 2 is 2.00 bits per heavy atom. The first-order valence-corrected chi connectivity index (χ1v) is 11.9. The number of carbonyl (C=O) groups excluding carboxylic acids is 1. The molecule has 7 nitrogen and oxygen atoms in total. The highest BCUT2D eigenvalue weighted by atomic mass is 79.9. The molecule has 0 spiro atoms. The fourth-order valence-corrected chi connectivity index (χ4v) is 6.10. The highest BCUT2D eigenvalue weighted by Gasteiger charge is 2.32. The molecular formula is C20H20BrN3O4S2. The SMILES string of the molecule is CC1(CC(=O)N/N=C\c2ccc(OCc3ccc([N+](=O)[O-])cc3)c(Br)c2)SCCS1. The number of rotatable bonds is 8. The van der Waals surface area contributed by atoms with Crippen LogP contribution in [0, 0.1) is 10.1 Å². The summed E-state index contributed by atoms with van der Waals surface area (Å²) in [7, 11) is 0. The number of hydrazone groups is 1. The molecule has 0 radical (unpaired) electrons. The standard InChI is InChI=1S/C20H20BrN3O4S2/c1-20(29-8-9-30-20)11-19(25)23-22-12-15-4-7-18(17(21)10-15)28-13-14-2-5-16(6-3-14)24(26)27/h2-7,10,12H,8-9,11,13H2,1H3,(H,23,25)/b22-12-. The molecule has 30 heavy (non-hydrogen) atoms. The normalized spacial score (nSPS) is 15.3. The topological polar surface area (TPSA) is 93.8 Å². The van der Waals surface area contributed by atoms with Crippen LogP contribution in [0.1, 0.15) is 24.5 Å². The predicted molar refractivity (Wildman–Crippen MR) is 125 cm³/mol. The predicted octanol–water partition coefficient (Wildman–Crippen LogP) is 4.97. The van der Waals surface area contributed by atoms with Crippen molar-refractivity contribution < 1.29 is 14.5 Å². The van der Waals surface area contributed by atoms with E-state index in [-0.39, 0.29) is 22.3 Å². The lowest BCUT2D eigenvalue weighted by Gasteiger charge is -2.19. The van der Waals surface area contributed by atoms with Crippen LogP contribution in [-0.4, -0.2) is 32.6 Å². The second kappa shape index (κ2) is 10.3. The number of thioether (sulfide) groups is 2. The monoisotopic (exact) mass is 509 g/mol. The molecule has 1 fully saturated rings. The van der Waals surface area contributed by atoms with E-state index < -0.39 is 4.92 Å². The van der Waals surface area contributed by atoms with Gasteiger partial charge in [0.25, 0.3) is 5.69 Å². The zero-order valence-corrected chi connectivity index (χ0v) is 19.4. The van der Waals surface area contributed by atoms with E-state index in [0.29, 0.717) is 12.2 Å². The number of halogens is 1. The van der Waals surface area contributed by atoms with Crippen molar-refractivity contribution >= 4 is 57.3 Å². The number of amides is 1. The molecule has 0 atom stereocenters. The van der Waals surface area contributed by atoms with Crippen LogP contribution in [0.25, 0.3) is 0 Å². The van der Waals surface area contributed by atoms with Gasteiger partial charge in [0.1, 0.15) is 12.4 Å². The minimum absolute atomic E-state index is 0.0468. The van der Waals surface area contributed by atoms with Gasteiger partial charge in [-0.25, -0.2) is 5.43 Å². The van der Waals surface area contributed by atoms with E-state index in [1.165, 1.54) is 12.1 Å². The first-order chi connectivity index (χ1) is 14.3. The molecule has 2 aromatic rings. The molecule has 3 rings (SSSR count). The summed E-state index contributed by atoms with van der Waals surface area (Å²) < 4.78 is 6.45. The first-order valence-electron chi connectivity index (χ1n) is 9.10. The smallest absolute Gasteiger partial charge is 0.269 e. The third kappa shape index (κ3) is 6.48. The summed E-state index contributed by atoms with van der Waals surface area (Å²) in [6.07, 6.45) is 2.01. The van der Waals surface area contributed by atoms with Gasteiger partial charge >= 0.3 is 0 Å². The fourth-order valence-electron chi connectivity index (χ4n) is 2.76. The molecule has 10 heteroatoms. The molecule has 1 amide bonds. The fraction of sp³-hybridized carbons (Fsp3) is 0.300. The minimum Gasteiger partial charge on any atom is -0.488 e. The number of nitrogens with zero attached hydrogens (tertiary/aromatic N) is 2. The molecule has 158 valence electrons. The summed E-state index contributed by atoms with van der Waals surface area (Å²) in [5.74, 6) is 2.69. The second-order valence-corrected chi connectivity index (χ2v) is 11.0. The van der Waals surface area contributed by atoms with E-state index in [2.05, 4.69) is 33.4 Å². The number of non-ortho nitro benzene ring substituents is 1. The Morgan fingerprint density at radius 1 is 1.30 bits per heavy atom. The van der Waals surface area contributed by atoms with Crippen molar-refractivity contribution in [2.75, 3.05) is 11.5 Å².